The summed E-state index contributed by atoms with van der Waals surface area (Å²) in [6.45, 7) is 0.874. The van der Waals surface area contributed by atoms with Gasteiger partial charge in [-0.2, -0.15) is 0 Å². The van der Waals surface area contributed by atoms with Gasteiger partial charge in [0.1, 0.15) is 12.7 Å². The lowest BCUT2D eigenvalue weighted by molar-refractivity contribution is 0.0873. The number of rotatable bonds is 3. The van der Waals surface area contributed by atoms with E-state index in [9.17, 15) is 8.78 Å². The van der Waals surface area contributed by atoms with Crippen molar-refractivity contribution in [3.8, 4) is 22.6 Å². The highest BCUT2D eigenvalue weighted by atomic mass is 19.2. The zero-order valence-electron chi connectivity index (χ0n) is 11.3. The van der Waals surface area contributed by atoms with Crippen LogP contribution in [0.5, 0.6) is 11.5 Å². The first-order chi connectivity index (χ1) is 10.2. The van der Waals surface area contributed by atoms with Gasteiger partial charge in [0, 0.05) is 11.1 Å². The SMILES string of the molecule is NCCC1COc2cccc(-c3cccc(F)c3F)c2O1. The Bertz CT molecular complexity index is 661. The largest absolute Gasteiger partial charge is 0.486 e. The normalized spacial score (nSPS) is 16.8. The lowest BCUT2D eigenvalue weighted by atomic mass is 10.0. The fraction of sp³-hybridized carbons (Fsp3) is 0.250. The molecule has 1 atom stereocenters. The Labute approximate surface area is 121 Å². The first-order valence-corrected chi connectivity index (χ1v) is 6.77. The summed E-state index contributed by atoms with van der Waals surface area (Å²) in [6.07, 6.45) is 0.458. The van der Waals surface area contributed by atoms with E-state index in [0.29, 0.717) is 36.6 Å². The van der Waals surface area contributed by atoms with E-state index >= 15 is 0 Å². The summed E-state index contributed by atoms with van der Waals surface area (Å²) in [5, 5.41) is 0. The predicted molar refractivity (Wildman–Crippen MR) is 75.4 cm³/mol. The fourth-order valence-corrected chi connectivity index (χ4v) is 2.39. The Balaban J connectivity index is 2.06. The molecule has 0 saturated heterocycles. The summed E-state index contributed by atoms with van der Waals surface area (Å²) >= 11 is 0. The average molecular weight is 291 g/mol. The first-order valence-electron chi connectivity index (χ1n) is 6.77. The van der Waals surface area contributed by atoms with Crippen molar-refractivity contribution in [1.82, 2.24) is 0 Å². The average Bonchev–Trinajstić information content (AvgIpc) is 2.50. The van der Waals surface area contributed by atoms with E-state index in [-0.39, 0.29) is 11.7 Å². The predicted octanol–water partition coefficient (Wildman–Crippen LogP) is 3.12. The molecule has 0 fully saturated rings. The molecule has 2 N–H and O–H groups in total. The van der Waals surface area contributed by atoms with E-state index < -0.39 is 11.6 Å². The number of halogens is 2. The van der Waals surface area contributed by atoms with Crippen LogP contribution in [0.3, 0.4) is 0 Å². The van der Waals surface area contributed by atoms with Crippen molar-refractivity contribution in [2.45, 2.75) is 12.5 Å². The summed E-state index contributed by atoms with van der Waals surface area (Å²) < 4.78 is 38.9. The molecule has 110 valence electrons. The van der Waals surface area contributed by atoms with Gasteiger partial charge in [0.05, 0.1) is 0 Å². The highest BCUT2D eigenvalue weighted by Crippen LogP contribution is 2.42. The molecule has 3 nitrogen and oxygen atoms in total. The van der Waals surface area contributed by atoms with Crippen molar-refractivity contribution in [1.29, 1.82) is 0 Å². The summed E-state index contributed by atoms with van der Waals surface area (Å²) in [5.41, 5.74) is 6.16. The molecule has 1 unspecified atom stereocenters. The van der Waals surface area contributed by atoms with Crippen LogP contribution < -0.4 is 15.2 Å². The van der Waals surface area contributed by atoms with Crippen LogP contribution in [0.2, 0.25) is 0 Å². The maximum atomic E-state index is 14.0. The summed E-state index contributed by atoms with van der Waals surface area (Å²) in [4.78, 5) is 0. The number of para-hydroxylation sites is 1. The van der Waals surface area contributed by atoms with Gasteiger partial charge in [-0.15, -0.1) is 0 Å². The zero-order chi connectivity index (χ0) is 14.8. The standard InChI is InChI=1S/C16H15F2NO2/c17-13-5-1-3-11(15(13)18)12-4-2-6-14-16(12)21-10(7-8-19)9-20-14/h1-6,10H,7-9,19H2. The third kappa shape index (κ3) is 2.56. The number of hydrogen-bond donors (Lipinski definition) is 1. The fourth-order valence-electron chi connectivity index (χ4n) is 2.39. The molecular weight excluding hydrogens is 276 g/mol. The maximum absolute atomic E-state index is 14.0. The monoisotopic (exact) mass is 291 g/mol. The molecule has 0 saturated carbocycles. The molecule has 0 aromatic heterocycles. The molecule has 0 aliphatic carbocycles. The molecule has 0 spiro atoms. The van der Waals surface area contributed by atoms with E-state index in [1.165, 1.54) is 12.1 Å². The van der Waals surface area contributed by atoms with Crippen LogP contribution in [0.25, 0.3) is 11.1 Å². The van der Waals surface area contributed by atoms with Crippen LogP contribution in [0.4, 0.5) is 8.78 Å². The van der Waals surface area contributed by atoms with Crippen molar-refractivity contribution in [2.24, 2.45) is 5.73 Å². The van der Waals surface area contributed by atoms with Gasteiger partial charge < -0.3 is 15.2 Å². The van der Waals surface area contributed by atoms with Crippen molar-refractivity contribution in [2.75, 3.05) is 13.2 Å². The van der Waals surface area contributed by atoms with Gasteiger partial charge in [0.2, 0.25) is 0 Å². The number of benzene rings is 2. The van der Waals surface area contributed by atoms with E-state index in [1.807, 2.05) is 0 Å². The van der Waals surface area contributed by atoms with Crippen LogP contribution in [0.1, 0.15) is 6.42 Å². The van der Waals surface area contributed by atoms with E-state index in [0.717, 1.165) is 6.07 Å². The summed E-state index contributed by atoms with van der Waals surface area (Å²) in [7, 11) is 0. The quantitative estimate of drug-likeness (QED) is 0.945. The van der Waals surface area contributed by atoms with Crippen LogP contribution in [-0.4, -0.2) is 19.3 Å². The molecule has 3 rings (SSSR count). The van der Waals surface area contributed by atoms with Gasteiger partial charge >= 0.3 is 0 Å². The van der Waals surface area contributed by atoms with Crippen LogP contribution in [0, 0.1) is 11.6 Å². The first kappa shape index (κ1) is 13.8. The third-order valence-corrected chi connectivity index (χ3v) is 3.42. The van der Waals surface area contributed by atoms with Crippen molar-refractivity contribution in [3.05, 3.63) is 48.0 Å². The third-order valence-electron chi connectivity index (χ3n) is 3.42. The lowest BCUT2D eigenvalue weighted by Crippen LogP contribution is -2.31. The number of nitrogens with two attached hydrogens (primary N) is 1. The molecule has 0 amide bonds. The number of ether oxygens (including phenoxy) is 2. The Morgan fingerprint density at radius 2 is 1.86 bits per heavy atom. The van der Waals surface area contributed by atoms with E-state index in [2.05, 4.69) is 0 Å². The molecule has 1 aliphatic heterocycles. The highest BCUT2D eigenvalue weighted by Gasteiger charge is 2.25. The molecule has 1 aliphatic rings. The second-order valence-corrected chi connectivity index (χ2v) is 4.86. The molecular formula is C16H15F2NO2. The minimum Gasteiger partial charge on any atom is -0.486 e. The van der Waals surface area contributed by atoms with Crippen LogP contribution >= 0.6 is 0 Å². The van der Waals surface area contributed by atoms with E-state index in [1.54, 1.807) is 18.2 Å². The smallest absolute Gasteiger partial charge is 0.169 e. The second kappa shape index (κ2) is 5.69. The van der Waals surface area contributed by atoms with Gasteiger partial charge in [-0.3, -0.25) is 0 Å². The molecule has 2 aromatic carbocycles. The van der Waals surface area contributed by atoms with Crippen LogP contribution in [0.15, 0.2) is 36.4 Å². The van der Waals surface area contributed by atoms with Gasteiger partial charge in [-0.1, -0.05) is 24.3 Å². The van der Waals surface area contributed by atoms with Gasteiger partial charge in [0.25, 0.3) is 0 Å². The highest BCUT2D eigenvalue weighted by molar-refractivity contribution is 5.74. The molecule has 21 heavy (non-hydrogen) atoms. The Morgan fingerprint density at radius 1 is 1.10 bits per heavy atom. The maximum Gasteiger partial charge on any atom is 0.169 e. The Kier molecular flexibility index (Phi) is 3.75. The topological polar surface area (TPSA) is 44.5 Å². The minimum absolute atomic E-state index is 0.156. The Hall–Kier alpha value is -2.14. The molecule has 1 heterocycles. The van der Waals surface area contributed by atoms with Crippen molar-refractivity contribution < 1.29 is 18.3 Å². The molecule has 0 radical (unpaired) electrons. The molecule has 0 bridgehead atoms. The van der Waals surface area contributed by atoms with Gasteiger partial charge in [0.15, 0.2) is 23.1 Å². The molecule has 2 aromatic rings. The molecule has 5 heteroatoms. The number of hydrogen-bond acceptors (Lipinski definition) is 3. The van der Waals surface area contributed by atoms with Gasteiger partial charge in [-0.25, -0.2) is 8.78 Å². The van der Waals surface area contributed by atoms with Crippen molar-refractivity contribution in [3.63, 3.8) is 0 Å². The summed E-state index contributed by atoms with van der Waals surface area (Å²) in [5.74, 6) is -0.813. The zero-order valence-corrected chi connectivity index (χ0v) is 11.3. The summed E-state index contributed by atoms with van der Waals surface area (Å²) in [6, 6.07) is 9.23. The van der Waals surface area contributed by atoms with Crippen LogP contribution in [-0.2, 0) is 0 Å². The number of fused-ring (bicyclic) bond motifs is 1. The second-order valence-electron chi connectivity index (χ2n) is 4.86. The lowest BCUT2D eigenvalue weighted by Gasteiger charge is -2.28. The van der Waals surface area contributed by atoms with Gasteiger partial charge in [-0.05, 0) is 25.1 Å². The Morgan fingerprint density at radius 3 is 2.67 bits per heavy atom. The van der Waals surface area contributed by atoms with Crippen molar-refractivity contribution >= 4 is 0 Å². The van der Waals surface area contributed by atoms with E-state index in [4.69, 9.17) is 15.2 Å². The minimum atomic E-state index is -0.893.